The number of pyridine rings is 1. The number of benzene rings is 1. The van der Waals surface area contributed by atoms with Gasteiger partial charge >= 0.3 is 6.09 Å². The minimum Gasteiger partial charge on any atom is -0.410 e. The Morgan fingerprint density at radius 1 is 1.35 bits per heavy atom. The predicted molar refractivity (Wildman–Crippen MR) is 75.6 cm³/mol. The Morgan fingerprint density at radius 2 is 2.25 bits per heavy atom. The molecule has 0 atom stereocenters. The number of nitrogens with two attached hydrogens (primary N) is 1. The molecule has 0 radical (unpaired) electrons. The Kier molecular flexibility index (Phi) is 3.25. The second kappa shape index (κ2) is 5.21. The normalized spacial score (nSPS) is 13.1. The van der Waals surface area contributed by atoms with Crippen molar-refractivity contribution in [1.29, 1.82) is 0 Å². The molecule has 3 rings (SSSR count). The molecule has 102 valence electrons. The molecule has 1 aliphatic heterocycles. The first kappa shape index (κ1) is 12.5. The van der Waals surface area contributed by atoms with Gasteiger partial charge in [-0.15, -0.1) is 0 Å². The van der Waals surface area contributed by atoms with Gasteiger partial charge in [0.2, 0.25) is 0 Å². The van der Waals surface area contributed by atoms with Gasteiger partial charge in [-0.3, -0.25) is 4.98 Å². The molecule has 2 N–H and O–H groups in total. The first-order chi connectivity index (χ1) is 9.72. The number of hydrogen-bond donors (Lipinski definition) is 1. The molecular formula is C15H15N3O2. The maximum absolute atomic E-state index is 10.8. The molecule has 2 aromatic rings. The number of amides is 1. The summed E-state index contributed by atoms with van der Waals surface area (Å²) < 4.78 is 4.90. The maximum Gasteiger partial charge on any atom is 0.409 e. The second-order valence-electron chi connectivity index (χ2n) is 4.70. The molecular weight excluding hydrogens is 254 g/mol. The molecule has 0 saturated heterocycles. The molecule has 20 heavy (non-hydrogen) atoms. The van der Waals surface area contributed by atoms with Crippen molar-refractivity contribution < 1.29 is 9.53 Å². The summed E-state index contributed by atoms with van der Waals surface area (Å²) in [4.78, 5) is 17.4. The molecule has 0 fully saturated rings. The van der Waals surface area contributed by atoms with Crippen LogP contribution in [0.3, 0.4) is 0 Å². The van der Waals surface area contributed by atoms with E-state index in [9.17, 15) is 4.79 Å². The van der Waals surface area contributed by atoms with E-state index in [1.165, 1.54) is 5.56 Å². The summed E-state index contributed by atoms with van der Waals surface area (Å²) in [5.74, 6) is 0.496. The third kappa shape index (κ3) is 2.56. The number of hydrogen-bond acceptors (Lipinski definition) is 4. The highest BCUT2D eigenvalue weighted by molar-refractivity contribution is 5.69. The van der Waals surface area contributed by atoms with Crippen molar-refractivity contribution in [3.05, 3.63) is 53.9 Å². The summed E-state index contributed by atoms with van der Waals surface area (Å²) in [7, 11) is 0. The average Bonchev–Trinajstić information content (AvgIpc) is 2.82. The van der Waals surface area contributed by atoms with E-state index in [1.54, 1.807) is 12.3 Å². The largest absolute Gasteiger partial charge is 0.410 e. The van der Waals surface area contributed by atoms with Crippen molar-refractivity contribution in [3.63, 3.8) is 0 Å². The van der Waals surface area contributed by atoms with Crippen molar-refractivity contribution in [2.24, 2.45) is 5.73 Å². The zero-order chi connectivity index (χ0) is 13.9. The van der Waals surface area contributed by atoms with Gasteiger partial charge in [-0.2, -0.15) is 0 Å². The lowest BCUT2D eigenvalue weighted by Crippen LogP contribution is -2.20. The van der Waals surface area contributed by atoms with Crippen molar-refractivity contribution >= 4 is 11.8 Å². The molecule has 0 aliphatic carbocycles. The van der Waals surface area contributed by atoms with Gasteiger partial charge in [-0.25, -0.2) is 4.79 Å². The number of aromatic nitrogens is 1. The molecule has 1 amide bonds. The topological polar surface area (TPSA) is 68.5 Å². The highest BCUT2D eigenvalue weighted by atomic mass is 16.5. The zero-order valence-electron chi connectivity index (χ0n) is 11.0. The van der Waals surface area contributed by atoms with Gasteiger partial charge in [-0.05, 0) is 42.3 Å². The quantitative estimate of drug-likeness (QED) is 0.926. The van der Waals surface area contributed by atoms with Crippen molar-refractivity contribution in [3.8, 4) is 5.75 Å². The summed E-state index contributed by atoms with van der Waals surface area (Å²) in [6.07, 6.45) is 1.95. The molecule has 1 aromatic heterocycles. The van der Waals surface area contributed by atoms with Crippen LogP contribution >= 0.6 is 0 Å². The molecule has 2 heterocycles. The first-order valence-corrected chi connectivity index (χ1v) is 6.47. The monoisotopic (exact) mass is 269 g/mol. The van der Waals surface area contributed by atoms with E-state index in [0.29, 0.717) is 5.75 Å². The third-order valence-electron chi connectivity index (χ3n) is 3.34. The van der Waals surface area contributed by atoms with Crippen molar-refractivity contribution in [2.75, 3.05) is 11.4 Å². The minimum atomic E-state index is -0.784. The van der Waals surface area contributed by atoms with Crippen LogP contribution < -0.4 is 15.4 Å². The number of ether oxygens (including phenoxy) is 1. The van der Waals surface area contributed by atoms with Crippen LogP contribution in [0.2, 0.25) is 0 Å². The van der Waals surface area contributed by atoms with E-state index >= 15 is 0 Å². The van der Waals surface area contributed by atoms with Crippen molar-refractivity contribution in [2.45, 2.75) is 13.0 Å². The van der Waals surface area contributed by atoms with Crippen LogP contribution in [0.1, 0.15) is 11.3 Å². The standard InChI is InChI=1S/C15H15N3O2/c16-15(19)20-13-4-5-14-11(9-13)6-8-18(14)10-12-3-1-2-7-17-12/h1-5,7,9H,6,8,10H2,(H2,16,19). The van der Waals surface area contributed by atoms with Gasteiger partial charge in [0.25, 0.3) is 0 Å². The average molecular weight is 269 g/mol. The molecule has 0 bridgehead atoms. The molecule has 5 nitrogen and oxygen atoms in total. The lowest BCUT2D eigenvalue weighted by molar-refractivity contribution is 0.211. The number of nitrogens with zero attached hydrogens (tertiary/aromatic N) is 2. The van der Waals surface area contributed by atoms with Crippen LogP contribution in [0.5, 0.6) is 5.75 Å². The lowest BCUT2D eigenvalue weighted by Gasteiger charge is -2.18. The van der Waals surface area contributed by atoms with E-state index in [1.807, 2.05) is 30.3 Å². The van der Waals surface area contributed by atoms with Gasteiger partial charge in [0.15, 0.2) is 0 Å². The van der Waals surface area contributed by atoms with Crippen LogP contribution in [0.15, 0.2) is 42.6 Å². The molecule has 0 unspecified atom stereocenters. The van der Waals surface area contributed by atoms with Gasteiger partial charge in [-0.1, -0.05) is 6.07 Å². The Bertz CT molecular complexity index is 628. The fourth-order valence-corrected chi connectivity index (χ4v) is 2.48. The van der Waals surface area contributed by atoms with Crippen LogP contribution in [0, 0.1) is 0 Å². The number of fused-ring (bicyclic) bond motifs is 1. The minimum absolute atomic E-state index is 0.496. The van der Waals surface area contributed by atoms with Gasteiger partial charge in [0.1, 0.15) is 5.75 Å². The number of primary amides is 1. The summed E-state index contributed by atoms with van der Waals surface area (Å²) in [6.45, 7) is 1.72. The SMILES string of the molecule is NC(=O)Oc1ccc2c(c1)CCN2Cc1ccccn1. The summed E-state index contributed by atoms with van der Waals surface area (Å²) in [5.41, 5.74) is 8.39. The fourth-order valence-electron chi connectivity index (χ4n) is 2.48. The van der Waals surface area contributed by atoms with E-state index in [0.717, 1.165) is 30.9 Å². The van der Waals surface area contributed by atoms with Crippen LogP contribution in [0.4, 0.5) is 10.5 Å². The Balaban J connectivity index is 1.79. The molecule has 1 aromatic carbocycles. The first-order valence-electron chi connectivity index (χ1n) is 6.47. The van der Waals surface area contributed by atoms with Gasteiger partial charge in [0.05, 0.1) is 12.2 Å². The number of anilines is 1. The van der Waals surface area contributed by atoms with E-state index in [-0.39, 0.29) is 0 Å². The molecule has 0 spiro atoms. The Labute approximate surface area is 117 Å². The summed E-state index contributed by atoms with van der Waals surface area (Å²) >= 11 is 0. The highest BCUT2D eigenvalue weighted by Gasteiger charge is 2.20. The predicted octanol–water partition coefficient (Wildman–Crippen LogP) is 2.10. The van der Waals surface area contributed by atoms with Crippen LogP contribution in [-0.2, 0) is 13.0 Å². The third-order valence-corrected chi connectivity index (χ3v) is 3.34. The summed E-state index contributed by atoms with van der Waals surface area (Å²) in [5, 5.41) is 0. The zero-order valence-corrected chi connectivity index (χ0v) is 11.0. The summed E-state index contributed by atoms with van der Waals surface area (Å²) in [6, 6.07) is 11.5. The van der Waals surface area contributed by atoms with Crippen LogP contribution in [0.25, 0.3) is 0 Å². The van der Waals surface area contributed by atoms with Gasteiger partial charge in [0, 0.05) is 18.4 Å². The number of carbonyl (C=O) groups is 1. The highest BCUT2D eigenvalue weighted by Crippen LogP contribution is 2.32. The van der Waals surface area contributed by atoms with Crippen molar-refractivity contribution in [1.82, 2.24) is 4.98 Å². The lowest BCUT2D eigenvalue weighted by atomic mass is 10.1. The maximum atomic E-state index is 10.8. The Morgan fingerprint density at radius 3 is 3.00 bits per heavy atom. The smallest absolute Gasteiger partial charge is 0.409 e. The van der Waals surface area contributed by atoms with Gasteiger partial charge < -0.3 is 15.4 Å². The second-order valence-corrected chi connectivity index (χ2v) is 4.70. The fraction of sp³-hybridized carbons (Fsp3) is 0.200. The molecule has 5 heteroatoms. The van der Waals surface area contributed by atoms with E-state index < -0.39 is 6.09 Å². The molecule has 0 saturated carbocycles. The number of rotatable bonds is 3. The van der Waals surface area contributed by atoms with E-state index in [4.69, 9.17) is 10.5 Å². The van der Waals surface area contributed by atoms with E-state index in [2.05, 4.69) is 9.88 Å². The van der Waals surface area contributed by atoms with Crippen LogP contribution in [-0.4, -0.2) is 17.6 Å². The molecule has 1 aliphatic rings. The Hall–Kier alpha value is -2.56. The number of carbonyl (C=O) groups excluding carboxylic acids is 1.